The Morgan fingerprint density at radius 3 is 2.73 bits per heavy atom. The van der Waals surface area contributed by atoms with Crippen LogP contribution in [0.1, 0.15) is 5.69 Å². The molecule has 1 rings (SSSR count). The second kappa shape index (κ2) is 2.96. The summed E-state index contributed by atoms with van der Waals surface area (Å²) in [5, 5.41) is 0.498. The van der Waals surface area contributed by atoms with Gasteiger partial charge in [0.15, 0.2) is 5.75 Å². The van der Waals surface area contributed by atoms with Crippen molar-refractivity contribution in [1.29, 1.82) is 0 Å². The van der Waals surface area contributed by atoms with E-state index in [9.17, 15) is 0 Å². The van der Waals surface area contributed by atoms with Crippen molar-refractivity contribution in [1.82, 2.24) is 4.98 Å². The average Bonchev–Trinajstić information content (AvgIpc) is 1.85. The Morgan fingerprint density at radius 2 is 2.27 bits per heavy atom. The predicted octanol–water partition coefficient (Wildman–Crippen LogP) is 1.63. The molecule has 0 spiro atoms. The summed E-state index contributed by atoms with van der Waals surface area (Å²) in [4.78, 5) is 3.97. The summed E-state index contributed by atoms with van der Waals surface area (Å²) in [5.74, 6) is 0.995. The van der Waals surface area contributed by atoms with E-state index in [0.29, 0.717) is 22.3 Å². The molecule has 2 N–H and O–H groups in total. The van der Waals surface area contributed by atoms with Gasteiger partial charge in [0.25, 0.3) is 0 Å². The fourth-order valence-corrected chi connectivity index (χ4v) is 1.22. The Balaban J connectivity index is 3.25. The van der Waals surface area contributed by atoms with Gasteiger partial charge in [-0.3, -0.25) is 0 Å². The van der Waals surface area contributed by atoms with E-state index in [1.54, 1.807) is 20.1 Å². The second-order valence-corrected chi connectivity index (χ2v) is 2.55. The molecule has 0 aromatic carbocycles. The lowest BCUT2D eigenvalue weighted by molar-refractivity contribution is 0.409. The monoisotopic (exact) mass is 172 g/mol. The van der Waals surface area contributed by atoms with Crippen LogP contribution in [0.4, 0.5) is 5.82 Å². The lowest BCUT2D eigenvalue weighted by atomic mass is 10.3. The first-order valence-electron chi connectivity index (χ1n) is 3.11. The average molecular weight is 173 g/mol. The standard InChI is InChI=1S/C7H9ClN2O/c1-4-7(11-2)5(8)3-6(9)10-4/h3H,1-2H3,(H2,9,10). The number of pyridine rings is 1. The van der Waals surface area contributed by atoms with Crippen LogP contribution >= 0.6 is 11.6 Å². The number of halogens is 1. The number of nitrogen functional groups attached to an aromatic ring is 1. The highest BCUT2D eigenvalue weighted by atomic mass is 35.5. The topological polar surface area (TPSA) is 48.1 Å². The molecule has 1 heterocycles. The number of rotatable bonds is 1. The molecule has 0 radical (unpaired) electrons. The molecule has 1 aromatic rings. The highest BCUT2D eigenvalue weighted by molar-refractivity contribution is 6.32. The van der Waals surface area contributed by atoms with Gasteiger partial charge in [-0.05, 0) is 6.92 Å². The molecule has 3 nitrogen and oxygen atoms in total. The molecule has 0 saturated carbocycles. The zero-order chi connectivity index (χ0) is 8.43. The molecule has 0 fully saturated rings. The molecule has 1 aromatic heterocycles. The van der Waals surface area contributed by atoms with Crippen molar-refractivity contribution in [2.24, 2.45) is 0 Å². The summed E-state index contributed by atoms with van der Waals surface area (Å²) in [7, 11) is 1.55. The summed E-state index contributed by atoms with van der Waals surface area (Å²) in [6.07, 6.45) is 0. The van der Waals surface area contributed by atoms with E-state index in [1.807, 2.05) is 0 Å². The Labute approximate surface area is 70.1 Å². The molecule has 0 aliphatic rings. The van der Waals surface area contributed by atoms with Gasteiger partial charge in [0, 0.05) is 6.07 Å². The Hall–Kier alpha value is -0.960. The smallest absolute Gasteiger partial charge is 0.158 e. The zero-order valence-electron chi connectivity index (χ0n) is 6.39. The molecule has 60 valence electrons. The van der Waals surface area contributed by atoms with Crippen LogP contribution in [0.5, 0.6) is 5.75 Å². The van der Waals surface area contributed by atoms with Crippen LogP contribution in [-0.4, -0.2) is 12.1 Å². The third kappa shape index (κ3) is 1.54. The van der Waals surface area contributed by atoms with Gasteiger partial charge in [-0.25, -0.2) is 4.98 Å². The summed E-state index contributed by atoms with van der Waals surface area (Å²) >= 11 is 5.79. The lowest BCUT2D eigenvalue weighted by Gasteiger charge is -2.05. The van der Waals surface area contributed by atoms with E-state index in [1.165, 1.54) is 0 Å². The number of nitrogens with two attached hydrogens (primary N) is 1. The van der Waals surface area contributed by atoms with E-state index in [-0.39, 0.29) is 0 Å². The summed E-state index contributed by atoms with van der Waals surface area (Å²) < 4.78 is 4.98. The molecular formula is C7H9ClN2O. The lowest BCUT2D eigenvalue weighted by Crippen LogP contribution is -1.96. The number of aryl methyl sites for hydroxylation is 1. The zero-order valence-corrected chi connectivity index (χ0v) is 7.14. The molecule has 0 atom stereocenters. The first-order valence-corrected chi connectivity index (χ1v) is 3.49. The van der Waals surface area contributed by atoms with Crippen LogP contribution in [0.15, 0.2) is 6.07 Å². The van der Waals surface area contributed by atoms with Gasteiger partial charge in [-0.1, -0.05) is 11.6 Å². The Bertz CT molecular complexity index is 252. The van der Waals surface area contributed by atoms with Gasteiger partial charge < -0.3 is 10.5 Å². The Kier molecular flexibility index (Phi) is 2.19. The minimum absolute atomic E-state index is 0.410. The number of hydrogen-bond donors (Lipinski definition) is 1. The maximum atomic E-state index is 5.79. The minimum atomic E-state index is 0.410. The van der Waals surface area contributed by atoms with Crippen LogP contribution in [0.25, 0.3) is 0 Å². The molecule has 11 heavy (non-hydrogen) atoms. The van der Waals surface area contributed by atoms with Crippen LogP contribution in [0.2, 0.25) is 5.02 Å². The van der Waals surface area contributed by atoms with E-state index in [4.69, 9.17) is 22.1 Å². The van der Waals surface area contributed by atoms with E-state index in [2.05, 4.69) is 4.98 Å². The fraction of sp³-hybridized carbons (Fsp3) is 0.286. The van der Waals surface area contributed by atoms with Gasteiger partial charge >= 0.3 is 0 Å². The van der Waals surface area contributed by atoms with Crippen molar-refractivity contribution >= 4 is 17.4 Å². The van der Waals surface area contributed by atoms with Gasteiger partial charge in [0.05, 0.1) is 17.8 Å². The molecule has 4 heteroatoms. The summed E-state index contributed by atoms with van der Waals surface area (Å²) in [6, 6.07) is 1.56. The van der Waals surface area contributed by atoms with Crippen molar-refractivity contribution in [2.75, 3.05) is 12.8 Å². The number of methoxy groups -OCH3 is 1. The quantitative estimate of drug-likeness (QED) is 0.701. The number of aromatic nitrogens is 1. The predicted molar refractivity (Wildman–Crippen MR) is 44.9 cm³/mol. The molecule has 0 aliphatic carbocycles. The van der Waals surface area contributed by atoms with E-state index in [0.717, 1.165) is 0 Å². The summed E-state index contributed by atoms with van der Waals surface area (Å²) in [6.45, 7) is 1.79. The van der Waals surface area contributed by atoms with Crippen LogP contribution in [0, 0.1) is 6.92 Å². The maximum absolute atomic E-state index is 5.79. The van der Waals surface area contributed by atoms with Crippen molar-refractivity contribution in [3.63, 3.8) is 0 Å². The maximum Gasteiger partial charge on any atom is 0.158 e. The number of hydrogen-bond acceptors (Lipinski definition) is 3. The second-order valence-electron chi connectivity index (χ2n) is 2.15. The summed E-state index contributed by atoms with van der Waals surface area (Å²) in [5.41, 5.74) is 6.14. The van der Waals surface area contributed by atoms with E-state index >= 15 is 0 Å². The van der Waals surface area contributed by atoms with Crippen LogP contribution < -0.4 is 10.5 Å². The van der Waals surface area contributed by atoms with Crippen LogP contribution in [0.3, 0.4) is 0 Å². The van der Waals surface area contributed by atoms with Gasteiger partial charge in [0.1, 0.15) is 5.82 Å². The highest BCUT2D eigenvalue weighted by Crippen LogP contribution is 2.27. The van der Waals surface area contributed by atoms with Gasteiger partial charge in [-0.2, -0.15) is 0 Å². The molecule has 0 unspecified atom stereocenters. The number of ether oxygens (including phenoxy) is 1. The highest BCUT2D eigenvalue weighted by Gasteiger charge is 2.05. The molecule has 0 saturated heterocycles. The van der Waals surface area contributed by atoms with Crippen LogP contribution in [-0.2, 0) is 0 Å². The molecule has 0 bridgehead atoms. The number of nitrogens with zero attached hydrogens (tertiary/aromatic N) is 1. The molecule has 0 amide bonds. The Morgan fingerprint density at radius 1 is 1.64 bits per heavy atom. The molecular weight excluding hydrogens is 164 g/mol. The van der Waals surface area contributed by atoms with E-state index < -0.39 is 0 Å². The first-order chi connectivity index (χ1) is 5.15. The number of anilines is 1. The molecule has 0 aliphatic heterocycles. The largest absolute Gasteiger partial charge is 0.493 e. The fourth-order valence-electron chi connectivity index (χ4n) is 0.890. The van der Waals surface area contributed by atoms with Crippen molar-refractivity contribution < 1.29 is 4.74 Å². The third-order valence-corrected chi connectivity index (χ3v) is 1.60. The van der Waals surface area contributed by atoms with Gasteiger partial charge in [-0.15, -0.1) is 0 Å². The normalized spacial score (nSPS) is 9.73. The third-order valence-electron chi connectivity index (χ3n) is 1.32. The first kappa shape index (κ1) is 8.14. The SMILES string of the molecule is COc1c(Cl)cc(N)nc1C. The van der Waals surface area contributed by atoms with Crippen molar-refractivity contribution in [2.45, 2.75) is 6.92 Å². The van der Waals surface area contributed by atoms with Gasteiger partial charge in [0.2, 0.25) is 0 Å². The van der Waals surface area contributed by atoms with Crippen molar-refractivity contribution in [3.8, 4) is 5.75 Å². The minimum Gasteiger partial charge on any atom is -0.493 e. The van der Waals surface area contributed by atoms with Crippen molar-refractivity contribution in [3.05, 3.63) is 16.8 Å².